The van der Waals surface area contributed by atoms with Gasteiger partial charge in [-0.15, -0.1) is 0 Å². The molecule has 4 heteroatoms. The lowest BCUT2D eigenvalue weighted by molar-refractivity contribution is 1.20. The summed E-state index contributed by atoms with van der Waals surface area (Å²) in [6, 6.07) is 74.2. The number of benzene rings is 9. The lowest BCUT2D eigenvalue weighted by Crippen LogP contribution is -2.61. The van der Waals surface area contributed by atoms with Crippen molar-refractivity contribution < 1.29 is 0 Å². The number of anilines is 6. The van der Waals surface area contributed by atoms with E-state index >= 15 is 0 Å². The van der Waals surface area contributed by atoms with Crippen molar-refractivity contribution in [2.75, 3.05) is 9.80 Å². The molecule has 0 aliphatic carbocycles. The Morgan fingerprint density at radius 1 is 0.371 bits per heavy atom. The molecule has 0 aromatic heterocycles. The van der Waals surface area contributed by atoms with Crippen LogP contribution in [0, 0.1) is 27.7 Å². The molecule has 0 fully saturated rings. The summed E-state index contributed by atoms with van der Waals surface area (Å²) in [6.07, 6.45) is 0. The van der Waals surface area contributed by atoms with Crippen LogP contribution < -0.4 is 26.2 Å². The Balaban J connectivity index is 1.25. The summed E-state index contributed by atoms with van der Waals surface area (Å²) in [6.45, 7) is 9.03. The summed E-state index contributed by atoms with van der Waals surface area (Å²) in [7, 11) is 0. The fourth-order valence-electron chi connectivity index (χ4n) is 10.1. The van der Waals surface area contributed by atoms with Crippen LogP contribution in [-0.2, 0) is 0 Å². The zero-order valence-electron chi connectivity index (χ0n) is 35.4. The fraction of sp³-hybridized carbons (Fsp3) is 0.0690. The number of rotatable bonds is 7. The molecule has 0 saturated heterocycles. The predicted molar refractivity (Wildman–Crippen MR) is 266 cm³/mol. The zero-order chi connectivity index (χ0) is 41.9. The van der Waals surface area contributed by atoms with Gasteiger partial charge in [0, 0.05) is 43.7 Å². The van der Waals surface area contributed by atoms with Gasteiger partial charge in [0.05, 0.1) is 11.4 Å². The summed E-state index contributed by atoms with van der Waals surface area (Å²) in [5.41, 5.74) is 23.5. The molecule has 0 atom stereocenters. The van der Waals surface area contributed by atoms with Crippen molar-refractivity contribution in [1.82, 2.24) is 0 Å². The molecule has 0 bridgehead atoms. The van der Waals surface area contributed by atoms with Crippen molar-refractivity contribution in [2.24, 2.45) is 0 Å². The SMILES string of the molecule is Cc1cc(C)c(N2c3ccccc3B3c4ccccc4N(c4c(C)cc(C)cc4-c4ccccc4)c4cc(Sc5ccccc5-c5ccccc5)cc2c43)c(-c2ccccc2)c1. The molecular weight excluding hydrogens is 768 g/mol. The first-order valence-electron chi connectivity index (χ1n) is 21.5. The van der Waals surface area contributed by atoms with Gasteiger partial charge in [0.25, 0.3) is 6.71 Å². The van der Waals surface area contributed by atoms with E-state index in [4.69, 9.17) is 0 Å². The van der Waals surface area contributed by atoms with Gasteiger partial charge >= 0.3 is 0 Å². The third-order valence-corrected chi connectivity index (χ3v) is 13.6. The largest absolute Gasteiger partial charge is 0.311 e. The number of para-hydroxylation sites is 2. The van der Waals surface area contributed by atoms with Crippen molar-refractivity contribution in [1.29, 1.82) is 0 Å². The lowest BCUT2D eigenvalue weighted by Gasteiger charge is -2.45. The Hall–Kier alpha value is -7.01. The first kappa shape index (κ1) is 38.0. The normalized spacial score (nSPS) is 12.5. The average molecular weight is 813 g/mol. The molecule has 0 unspecified atom stereocenters. The second-order valence-electron chi connectivity index (χ2n) is 16.7. The van der Waals surface area contributed by atoms with Gasteiger partial charge in [-0.25, -0.2) is 0 Å². The van der Waals surface area contributed by atoms with Crippen molar-refractivity contribution in [2.45, 2.75) is 37.5 Å². The molecule has 0 N–H and O–H groups in total. The molecule has 0 saturated carbocycles. The van der Waals surface area contributed by atoms with E-state index in [-0.39, 0.29) is 6.71 Å². The van der Waals surface area contributed by atoms with Gasteiger partial charge in [0.15, 0.2) is 0 Å². The minimum Gasteiger partial charge on any atom is -0.311 e. The third kappa shape index (κ3) is 6.37. The second kappa shape index (κ2) is 15.5. The Kier molecular flexibility index (Phi) is 9.47. The Morgan fingerprint density at radius 2 is 0.774 bits per heavy atom. The Morgan fingerprint density at radius 3 is 1.26 bits per heavy atom. The summed E-state index contributed by atoms with van der Waals surface area (Å²) in [5.74, 6) is 0. The molecule has 2 aliphatic heterocycles. The van der Waals surface area contributed by atoms with Crippen LogP contribution in [0.5, 0.6) is 0 Å². The highest BCUT2D eigenvalue weighted by Gasteiger charge is 2.44. The monoisotopic (exact) mass is 812 g/mol. The quantitative estimate of drug-likeness (QED) is 0.148. The van der Waals surface area contributed by atoms with Gasteiger partial charge < -0.3 is 9.80 Å². The van der Waals surface area contributed by atoms with Gasteiger partial charge in [-0.3, -0.25) is 0 Å². The topological polar surface area (TPSA) is 6.48 Å². The molecule has 11 rings (SSSR count). The molecule has 62 heavy (non-hydrogen) atoms. The second-order valence-corrected chi connectivity index (χ2v) is 17.9. The van der Waals surface area contributed by atoms with Crippen LogP contribution >= 0.6 is 11.8 Å². The third-order valence-electron chi connectivity index (χ3n) is 12.6. The van der Waals surface area contributed by atoms with Crippen molar-refractivity contribution in [3.63, 3.8) is 0 Å². The Labute approximate surface area is 370 Å². The first-order valence-corrected chi connectivity index (χ1v) is 22.4. The lowest BCUT2D eigenvalue weighted by atomic mass is 9.33. The van der Waals surface area contributed by atoms with E-state index in [1.165, 1.54) is 116 Å². The van der Waals surface area contributed by atoms with Crippen molar-refractivity contribution in [3.05, 3.63) is 222 Å². The van der Waals surface area contributed by atoms with E-state index in [1.807, 2.05) is 11.8 Å². The molecule has 2 aliphatic rings. The van der Waals surface area contributed by atoms with Gasteiger partial charge in [-0.2, -0.15) is 0 Å². The van der Waals surface area contributed by atoms with E-state index < -0.39 is 0 Å². The van der Waals surface area contributed by atoms with Crippen molar-refractivity contribution in [3.8, 4) is 33.4 Å². The molecule has 0 amide bonds. The predicted octanol–water partition coefficient (Wildman–Crippen LogP) is 14.2. The summed E-state index contributed by atoms with van der Waals surface area (Å²) >= 11 is 1.85. The summed E-state index contributed by atoms with van der Waals surface area (Å²) in [4.78, 5) is 7.61. The molecule has 2 heterocycles. The van der Waals surface area contributed by atoms with Gasteiger partial charge in [-0.1, -0.05) is 181 Å². The molecule has 2 nitrogen and oxygen atoms in total. The molecular formula is C58H45BN2S. The number of fused-ring (bicyclic) bond motifs is 4. The van der Waals surface area contributed by atoms with Crippen LogP contribution in [0.3, 0.4) is 0 Å². The highest BCUT2D eigenvalue weighted by molar-refractivity contribution is 7.99. The average Bonchev–Trinajstić information content (AvgIpc) is 3.30. The maximum atomic E-state index is 2.60. The Bertz CT molecular complexity index is 2990. The van der Waals surface area contributed by atoms with E-state index in [9.17, 15) is 0 Å². The number of hydrogen-bond donors (Lipinski definition) is 0. The van der Waals surface area contributed by atoms with Crippen LogP contribution in [0.1, 0.15) is 22.3 Å². The standard InChI is InChI=1S/C58H45BN2S/c1-38-32-40(3)57(47(34-38)43-22-10-6-11-23-43)60-51-29-17-15-27-49(51)59-50-28-16-18-30-52(50)61(58-41(4)33-39(2)35-48(58)44-24-12-7-13-25-44)54-37-45(36-53(60)56(54)59)62-55-31-19-14-26-46(55)42-20-8-5-9-21-42/h5-37H,1-4H3. The van der Waals surface area contributed by atoms with E-state index in [0.29, 0.717) is 0 Å². The van der Waals surface area contributed by atoms with Gasteiger partial charge in [-0.05, 0) is 120 Å². The van der Waals surface area contributed by atoms with Crippen LogP contribution in [0.4, 0.5) is 34.1 Å². The van der Waals surface area contributed by atoms with Crippen LogP contribution in [0.15, 0.2) is 210 Å². The minimum atomic E-state index is 0.0208. The maximum absolute atomic E-state index is 2.60. The molecule has 9 aromatic rings. The number of aryl methyl sites for hydroxylation is 4. The molecule has 0 radical (unpaired) electrons. The zero-order valence-corrected chi connectivity index (χ0v) is 36.2. The van der Waals surface area contributed by atoms with E-state index in [1.54, 1.807) is 0 Å². The minimum absolute atomic E-state index is 0.0208. The van der Waals surface area contributed by atoms with Gasteiger partial charge in [0.2, 0.25) is 0 Å². The highest BCUT2D eigenvalue weighted by atomic mass is 32.2. The maximum Gasteiger partial charge on any atom is 0.252 e. The van der Waals surface area contributed by atoms with E-state index in [0.717, 1.165) is 0 Å². The molecule has 296 valence electrons. The van der Waals surface area contributed by atoms with Crippen LogP contribution in [0.2, 0.25) is 0 Å². The van der Waals surface area contributed by atoms with Crippen LogP contribution in [0.25, 0.3) is 33.4 Å². The van der Waals surface area contributed by atoms with E-state index in [2.05, 4.69) is 238 Å². The fourth-order valence-corrected chi connectivity index (χ4v) is 11.2. The van der Waals surface area contributed by atoms with Crippen LogP contribution in [-0.4, -0.2) is 6.71 Å². The smallest absolute Gasteiger partial charge is 0.252 e. The first-order chi connectivity index (χ1) is 30.4. The highest BCUT2D eigenvalue weighted by Crippen LogP contribution is 2.51. The number of hydrogen-bond acceptors (Lipinski definition) is 3. The van der Waals surface area contributed by atoms with Gasteiger partial charge in [0.1, 0.15) is 0 Å². The molecule has 9 aromatic carbocycles. The molecule has 0 spiro atoms. The summed E-state index contributed by atoms with van der Waals surface area (Å²) < 4.78 is 0. The van der Waals surface area contributed by atoms with Crippen molar-refractivity contribution >= 4 is 69.0 Å². The number of nitrogens with zero attached hydrogens (tertiary/aromatic N) is 2. The summed E-state index contributed by atoms with van der Waals surface area (Å²) in [5, 5.41) is 0.